The number of primary amides is 1. The van der Waals surface area contributed by atoms with Crippen LogP contribution in [0, 0.1) is 12.7 Å². The highest BCUT2D eigenvalue weighted by Gasteiger charge is 2.08. The van der Waals surface area contributed by atoms with Gasteiger partial charge in [-0.1, -0.05) is 0 Å². The van der Waals surface area contributed by atoms with Crippen LogP contribution in [0.5, 0.6) is 0 Å². The number of nitrogens with one attached hydrogen (secondary N) is 1. The standard InChI is InChI=1S/C16H13FN4O/c1-9-6-10(2-4-12(9)17)13-8-20-16-15(21-13)11(7-19-16)3-5-14(18)22/h2-8H,1H3,(H2,18,22)(H,19,20)/b5-3+. The van der Waals surface area contributed by atoms with E-state index in [0.29, 0.717) is 28.0 Å². The number of halogens is 1. The molecule has 0 saturated carbocycles. The highest BCUT2D eigenvalue weighted by atomic mass is 19.1. The number of rotatable bonds is 3. The van der Waals surface area contributed by atoms with Crippen LogP contribution in [0.3, 0.4) is 0 Å². The summed E-state index contributed by atoms with van der Waals surface area (Å²) in [6.45, 7) is 1.70. The van der Waals surface area contributed by atoms with E-state index in [-0.39, 0.29) is 5.82 Å². The number of aromatic nitrogens is 3. The smallest absolute Gasteiger partial charge is 0.241 e. The number of nitrogens with two attached hydrogens (primary N) is 1. The van der Waals surface area contributed by atoms with Crippen LogP contribution >= 0.6 is 0 Å². The first-order chi connectivity index (χ1) is 10.5. The lowest BCUT2D eigenvalue weighted by atomic mass is 10.1. The summed E-state index contributed by atoms with van der Waals surface area (Å²) in [5, 5.41) is 0. The monoisotopic (exact) mass is 296 g/mol. The molecule has 0 spiro atoms. The molecule has 3 rings (SSSR count). The molecule has 3 aromatic rings. The van der Waals surface area contributed by atoms with Crippen LogP contribution in [0.4, 0.5) is 4.39 Å². The van der Waals surface area contributed by atoms with Gasteiger partial charge in [-0.05, 0) is 36.8 Å². The highest BCUT2D eigenvalue weighted by Crippen LogP contribution is 2.23. The molecule has 2 heterocycles. The van der Waals surface area contributed by atoms with Gasteiger partial charge in [0.25, 0.3) is 0 Å². The first-order valence-electron chi connectivity index (χ1n) is 6.63. The van der Waals surface area contributed by atoms with E-state index in [2.05, 4.69) is 15.0 Å². The van der Waals surface area contributed by atoms with Crippen molar-refractivity contribution in [1.29, 1.82) is 0 Å². The molecule has 0 aliphatic heterocycles. The van der Waals surface area contributed by atoms with Crippen molar-refractivity contribution in [2.75, 3.05) is 0 Å². The number of aryl methyl sites for hydroxylation is 1. The summed E-state index contributed by atoms with van der Waals surface area (Å²) < 4.78 is 13.4. The van der Waals surface area contributed by atoms with Gasteiger partial charge in [0, 0.05) is 23.4 Å². The van der Waals surface area contributed by atoms with E-state index >= 15 is 0 Å². The number of benzene rings is 1. The number of H-pyrrole nitrogens is 1. The Morgan fingerprint density at radius 2 is 2.23 bits per heavy atom. The van der Waals surface area contributed by atoms with Gasteiger partial charge in [-0.25, -0.2) is 14.4 Å². The molecule has 5 nitrogen and oxygen atoms in total. The first-order valence-corrected chi connectivity index (χ1v) is 6.63. The van der Waals surface area contributed by atoms with Crippen molar-refractivity contribution in [3.8, 4) is 11.3 Å². The molecule has 0 unspecified atom stereocenters. The Kier molecular flexibility index (Phi) is 3.42. The molecular formula is C16H13FN4O. The number of aromatic amines is 1. The molecule has 2 aromatic heterocycles. The van der Waals surface area contributed by atoms with Crippen LogP contribution < -0.4 is 5.73 Å². The van der Waals surface area contributed by atoms with E-state index in [1.165, 1.54) is 12.1 Å². The summed E-state index contributed by atoms with van der Waals surface area (Å²) in [6, 6.07) is 4.78. The summed E-state index contributed by atoms with van der Waals surface area (Å²) in [7, 11) is 0. The fraction of sp³-hybridized carbons (Fsp3) is 0.0625. The largest absolute Gasteiger partial charge is 0.366 e. The van der Waals surface area contributed by atoms with Crippen molar-refractivity contribution in [2.24, 2.45) is 5.73 Å². The molecule has 0 aliphatic rings. The third kappa shape index (κ3) is 2.58. The molecule has 110 valence electrons. The predicted molar refractivity (Wildman–Crippen MR) is 82.2 cm³/mol. The lowest BCUT2D eigenvalue weighted by Crippen LogP contribution is -2.05. The number of carbonyl (C=O) groups excluding carboxylic acids is 1. The highest BCUT2D eigenvalue weighted by molar-refractivity contribution is 5.93. The zero-order valence-electron chi connectivity index (χ0n) is 11.8. The van der Waals surface area contributed by atoms with Gasteiger partial charge in [0.2, 0.25) is 5.91 Å². The third-order valence-electron chi connectivity index (χ3n) is 3.29. The second-order valence-electron chi connectivity index (χ2n) is 4.90. The zero-order chi connectivity index (χ0) is 15.7. The predicted octanol–water partition coefficient (Wildman–Crippen LogP) is 2.57. The Labute approximate surface area is 125 Å². The molecular weight excluding hydrogens is 283 g/mol. The van der Waals surface area contributed by atoms with Crippen LogP contribution in [0.2, 0.25) is 0 Å². The lowest BCUT2D eigenvalue weighted by Gasteiger charge is -2.03. The molecule has 22 heavy (non-hydrogen) atoms. The Hall–Kier alpha value is -3.02. The maximum Gasteiger partial charge on any atom is 0.241 e. The van der Waals surface area contributed by atoms with Gasteiger partial charge in [-0.15, -0.1) is 0 Å². The van der Waals surface area contributed by atoms with Crippen LogP contribution in [-0.4, -0.2) is 20.9 Å². The summed E-state index contributed by atoms with van der Waals surface area (Å²) in [5.41, 5.74) is 8.98. The number of nitrogens with zero attached hydrogens (tertiary/aromatic N) is 2. The first kappa shape index (κ1) is 13.9. The van der Waals surface area contributed by atoms with E-state index in [9.17, 15) is 9.18 Å². The number of hydrogen-bond acceptors (Lipinski definition) is 3. The molecule has 6 heteroatoms. The van der Waals surface area contributed by atoms with Crippen LogP contribution in [0.15, 0.2) is 36.7 Å². The molecule has 0 atom stereocenters. The van der Waals surface area contributed by atoms with E-state index in [1.807, 2.05) is 0 Å². The van der Waals surface area contributed by atoms with Gasteiger partial charge in [-0.2, -0.15) is 0 Å². The summed E-state index contributed by atoms with van der Waals surface area (Å²) >= 11 is 0. The topological polar surface area (TPSA) is 84.7 Å². The van der Waals surface area contributed by atoms with Crippen molar-refractivity contribution < 1.29 is 9.18 Å². The Morgan fingerprint density at radius 1 is 1.41 bits per heavy atom. The van der Waals surface area contributed by atoms with Crippen molar-refractivity contribution in [3.05, 3.63) is 53.6 Å². The minimum Gasteiger partial charge on any atom is -0.366 e. The fourth-order valence-electron chi connectivity index (χ4n) is 2.15. The summed E-state index contributed by atoms with van der Waals surface area (Å²) in [4.78, 5) is 22.6. The van der Waals surface area contributed by atoms with Crippen molar-refractivity contribution in [1.82, 2.24) is 15.0 Å². The average Bonchev–Trinajstić information content (AvgIpc) is 2.90. The molecule has 0 aliphatic carbocycles. The van der Waals surface area contributed by atoms with E-state index in [1.54, 1.807) is 37.5 Å². The number of fused-ring (bicyclic) bond motifs is 1. The average molecular weight is 296 g/mol. The summed E-state index contributed by atoms with van der Waals surface area (Å²) in [6.07, 6.45) is 6.16. The van der Waals surface area contributed by atoms with Gasteiger partial charge in [0.15, 0.2) is 5.65 Å². The summed E-state index contributed by atoms with van der Waals surface area (Å²) in [5.74, 6) is -0.794. The molecule has 3 N–H and O–H groups in total. The van der Waals surface area contributed by atoms with Crippen LogP contribution in [0.25, 0.3) is 28.5 Å². The van der Waals surface area contributed by atoms with E-state index in [0.717, 1.165) is 5.56 Å². The SMILES string of the molecule is Cc1cc(-c2cnc3[nH]cc(/C=C/C(N)=O)c3n2)ccc1F. The second-order valence-corrected chi connectivity index (χ2v) is 4.90. The van der Waals surface area contributed by atoms with Crippen LogP contribution in [-0.2, 0) is 4.79 Å². The van der Waals surface area contributed by atoms with E-state index in [4.69, 9.17) is 5.73 Å². The number of hydrogen-bond donors (Lipinski definition) is 2. The van der Waals surface area contributed by atoms with E-state index < -0.39 is 5.91 Å². The number of carbonyl (C=O) groups is 1. The Balaban J connectivity index is 2.10. The molecule has 0 fully saturated rings. The van der Waals surface area contributed by atoms with Gasteiger partial charge in [-0.3, -0.25) is 4.79 Å². The zero-order valence-corrected chi connectivity index (χ0v) is 11.8. The maximum atomic E-state index is 13.4. The Bertz CT molecular complexity index is 898. The molecule has 0 radical (unpaired) electrons. The van der Waals surface area contributed by atoms with Crippen molar-refractivity contribution in [2.45, 2.75) is 6.92 Å². The van der Waals surface area contributed by atoms with Gasteiger partial charge >= 0.3 is 0 Å². The maximum absolute atomic E-state index is 13.4. The quantitative estimate of drug-likeness (QED) is 0.728. The minimum atomic E-state index is -0.535. The van der Waals surface area contributed by atoms with Gasteiger partial charge in [0.1, 0.15) is 11.3 Å². The molecule has 1 aromatic carbocycles. The molecule has 0 saturated heterocycles. The normalized spacial score (nSPS) is 11.4. The van der Waals surface area contributed by atoms with Crippen molar-refractivity contribution >= 4 is 23.1 Å². The lowest BCUT2D eigenvalue weighted by molar-refractivity contribution is -0.113. The van der Waals surface area contributed by atoms with Crippen LogP contribution in [0.1, 0.15) is 11.1 Å². The number of amides is 1. The van der Waals surface area contributed by atoms with Crippen molar-refractivity contribution in [3.63, 3.8) is 0 Å². The molecule has 0 bridgehead atoms. The Morgan fingerprint density at radius 3 is 2.95 bits per heavy atom. The van der Waals surface area contributed by atoms with Gasteiger partial charge in [0.05, 0.1) is 11.9 Å². The fourth-order valence-corrected chi connectivity index (χ4v) is 2.15. The van der Waals surface area contributed by atoms with Gasteiger partial charge < -0.3 is 10.7 Å². The molecule has 1 amide bonds. The third-order valence-corrected chi connectivity index (χ3v) is 3.29. The second kappa shape index (κ2) is 5.40. The minimum absolute atomic E-state index is 0.260.